The maximum Gasteiger partial charge on any atom is 0.418 e. The molecule has 0 radical (unpaired) electrons. The van der Waals surface area contributed by atoms with Gasteiger partial charge in [-0.2, -0.15) is 0 Å². The highest BCUT2D eigenvalue weighted by molar-refractivity contribution is 5.94. The summed E-state index contributed by atoms with van der Waals surface area (Å²) in [7, 11) is 0. The Balaban J connectivity index is 1.84. The topological polar surface area (TPSA) is 64.7 Å². The second-order valence-electron chi connectivity index (χ2n) is 9.18. The first kappa shape index (κ1) is 22.6. The number of hydrogen-bond acceptors (Lipinski definition) is 5. The lowest BCUT2D eigenvalue weighted by Gasteiger charge is -2.21. The number of rotatable bonds is 4. The predicted molar refractivity (Wildman–Crippen MR) is 133 cm³/mol. The van der Waals surface area contributed by atoms with Crippen LogP contribution in [0.4, 0.5) is 10.5 Å². The monoisotopic (exact) mass is 446 g/mol. The quantitative estimate of drug-likeness (QED) is 0.342. The van der Waals surface area contributed by atoms with Crippen molar-refractivity contribution in [3.63, 3.8) is 0 Å². The lowest BCUT2D eigenvalue weighted by Crippen LogP contribution is -2.26. The van der Waals surface area contributed by atoms with E-state index in [4.69, 9.17) is 9.15 Å². The number of anilines is 1. The second-order valence-corrected chi connectivity index (χ2v) is 9.18. The summed E-state index contributed by atoms with van der Waals surface area (Å²) in [5.41, 5.74) is 3.32. The van der Waals surface area contributed by atoms with Gasteiger partial charge in [-0.15, -0.1) is 0 Å². The van der Waals surface area contributed by atoms with Crippen LogP contribution >= 0.6 is 0 Å². The fourth-order valence-electron chi connectivity index (χ4n) is 4.22. The summed E-state index contributed by atoms with van der Waals surface area (Å²) >= 11 is 0. The zero-order valence-corrected chi connectivity index (χ0v) is 20.1. The first-order valence-electron chi connectivity index (χ1n) is 11.3. The number of fused-ring (bicyclic) bond motifs is 2. The van der Waals surface area contributed by atoms with Crippen LogP contribution in [0.25, 0.3) is 33.0 Å². The van der Waals surface area contributed by atoms with Crippen molar-refractivity contribution in [1.29, 1.82) is 0 Å². The number of carbonyl (C=O) groups excluding carboxylic acids is 1. The Kier molecular flexibility index (Phi) is 5.78. The fraction of sp³-hybridized carbons (Fsp3) is 0.333. The van der Waals surface area contributed by atoms with Gasteiger partial charge in [0, 0.05) is 41.8 Å². The molecule has 0 saturated heterocycles. The molecular weight excluding hydrogens is 416 g/mol. The van der Waals surface area contributed by atoms with Crippen LogP contribution in [0.2, 0.25) is 0 Å². The number of hydrogen-bond donors (Lipinski definition) is 0. The Morgan fingerprint density at radius 2 is 1.79 bits per heavy atom. The van der Waals surface area contributed by atoms with Gasteiger partial charge in [0.15, 0.2) is 0 Å². The van der Waals surface area contributed by atoms with E-state index in [1.54, 1.807) is 6.20 Å². The largest absolute Gasteiger partial charge is 0.443 e. The van der Waals surface area contributed by atoms with Gasteiger partial charge in [0.2, 0.25) is 0 Å². The molecule has 33 heavy (non-hydrogen) atoms. The van der Waals surface area contributed by atoms with E-state index in [1.807, 2.05) is 64.1 Å². The molecule has 0 spiro atoms. The Morgan fingerprint density at radius 1 is 1.06 bits per heavy atom. The third kappa shape index (κ3) is 4.25. The van der Waals surface area contributed by atoms with Crippen molar-refractivity contribution in [2.75, 3.05) is 18.0 Å². The fourth-order valence-corrected chi connectivity index (χ4v) is 4.22. The van der Waals surface area contributed by atoms with Crippen LogP contribution in [0.5, 0.6) is 0 Å². The molecule has 0 aliphatic carbocycles. The summed E-state index contributed by atoms with van der Waals surface area (Å²) in [6, 6.07) is 13.5. The van der Waals surface area contributed by atoms with Crippen LogP contribution < -0.4 is 10.5 Å². The van der Waals surface area contributed by atoms with Crippen LogP contribution in [0.15, 0.2) is 57.9 Å². The summed E-state index contributed by atoms with van der Waals surface area (Å²) in [5, 5.41) is 1.78. The number of carbonyl (C=O) groups is 1. The molecule has 0 fully saturated rings. The molecule has 0 unspecified atom stereocenters. The van der Waals surface area contributed by atoms with Gasteiger partial charge in [-0.1, -0.05) is 12.1 Å². The van der Waals surface area contributed by atoms with Crippen molar-refractivity contribution in [3.05, 3.63) is 64.6 Å². The third-order valence-electron chi connectivity index (χ3n) is 5.85. The Hall–Kier alpha value is -3.54. The average Bonchev–Trinajstić information content (AvgIpc) is 3.17. The highest BCUT2D eigenvalue weighted by Crippen LogP contribution is 2.31. The van der Waals surface area contributed by atoms with Crippen molar-refractivity contribution in [2.24, 2.45) is 0 Å². The lowest BCUT2D eigenvalue weighted by atomic mass is 9.98. The van der Waals surface area contributed by atoms with Crippen LogP contribution in [0, 0.1) is 6.92 Å². The number of ether oxygens (including phenoxy) is 1. The van der Waals surface area contributed by atoms with E-state index in [0.717, 1.165) is 35.1 Å². The molecule has 2 aromatic carbocycles. The van der Waals surface area contributed by atoms with Crippen molar-refractivity contribution >= 4 is 33.7 Å². The SMILES string of the molecule is CCN(CC)c1ccc2c(C)c(-c3ccc4ccn(C(=O)OC(C)(C)C)c4c3)c(=O)oc2c1. The van der Waals surface area contributed by atoms with Gasteiger partial charge in [-0.05, 0) is 76.9 Å². The molecule has 0 aliphatic heterocycles. The average molecular weight is 447 g/mol. The van der Waals surface area contributed by atoms with Crippen molar-refractivity contribution in [2.45, 2.75) is 47.1 Å². The smallest absolute Gasteiger partial charge is 0.418 e. The molecule has 0 bridgehead atoms. The Morgan fingerprint density at radius 3 is 2.45 bits per heavy atom. The van der Waals surface area contributed by atoms with E-state index in [1.165, 1.54) is 4.57 Å². The molecule has 2 aromatic heterocycles. The zero-order valence-electron chi connectivity index (χ0n) is 20.1. The van der Waals surface area contributed by atoms with Gasteiger partial charge in [-0.25, -0.2) is 9.59 Å². The summed E-state index contributed by atoms with van der Waals surface area (Å²) in [6.45, 7) is 13.4. The third-order valence-corrected chi connectivity index (χ3v) is 5.85. The van der Waals surface area contributed by atoms with E-state index in [9.17, 15) is 9.59 Å². The van der Waals surface area contributed by atoms with Crippen LogP contribution in [-0.2, 0) is 4.74 Å². The molecule has 0 saturated carbocycles. The Labute approximate surface area is 193 Å². The number of benzene rings is 2. The first-order chi connectivity index (χ1) is 15.6. The molecule has 0 aliphatic rings. The van der Waals surface area contributed by atoms with Crippen LogP contribution in [0.1, 0.15) is 40.2 Å². The van der Waals surface area contributed by atoms with Gasteiger partial charge in [0.25, 0.3) is 0 Å². The standard InChI is InChI=1S/C27H30N2O4/c1-7-28(8-2)20-11-12-21-17(3)24(25(30)32-23(21)16-20)19-10-9-18-13-14-29(22(18)15-19)26(31)33-27(4,5)6/h9-16H,7-8H2,1-6H3. The molecule has 4 aromatic rings. The minimum Gasteiger partial charge on any atom is -0.443 e. The normalized spacial score (nSPS) is 11.8. The molecule has 172 valence electrons. The van der Waals surface area contributed by atoms with Gasteiger partial charge in [-0.3, -0.25) is 4.57 Å². The molecule has 0 amide bonds. The predicted octanol–water partition coefficient (Wildman–Crippen LogP) is 6.35. The number of aromatic nitrogens is 1. The Bertz CT molecular complexity index is 1400. The van der Waals surface area contributed by atoms with E-state index >= 15 is 0 Å². The minimum absolute atomic E-state index is 0.397. The number of aryl methyl sites for hydroxylation is 1. The van der Waals surface area contributed by atoms with Crippen LogP contribution in [-0.4, -0.2) is 29.4 Å². The molecule has 6 nitrogen and oxygen atoms in total. The second kappa shape index (κ2) is 8.43. The van der Waals surface area contributed by atoms with E-state index in [2.05, 4.69) is 24.8 Å². The highest BCUT2D eigenvalue weighted by Gasteiger charge is 2.20. The lowest BCUT2D eigenvalue weighted by molar-refractivity contribution is 0.0544. The highest BCUT2D eigenvalue weighted by atomic mass is 16.6. The van der Waals surface area contributed by atoms with Gasteiger partial charge >= 0.3 is 11.7 Å². The molecule has 0 N–H and O–H groups in total. The summed E-state index contributed by atoms with van der Waals surface area (Å²) in [4.78, 5) is 28.0. The van der Waals surface area contributed by atoms with Gasteiger partial charge < -0.3 is 14.1 Å². The molecule has 6 heteroatoms. The summed E-state index contributed by atoms with van der Waals surface area (Å²) < 4.78 is 12.8. The van der Waals surface area contributed by atoms with Crippen molar-refractivity contribution in [3.8, 4) is 11.1 Å². The maximum atomic E-state index is 13.1. The van der Waals surface area contributed by atoms with Crippen molar-refractivity contribution in [1.82, 2.24) is 4.57 Å². The summed E-state index contributed by atoms with van der Waals surface area (Å²) in [6.07, 6.45) is 1.23. The maximum absolute atomic E-state index is 13.1. The van der Waals surface area contributed by atoms with Crippen LogP contribution in [0.3, 0.4) is 0 Å². The zero-order chi connectivity index (χ0) is 23.9. The molecule has 2 heterocycles. The molecule has 4 rings (SSSR count). The summed E-state index contributed by atoms with van der Waals surface area (Å²) in [5.74, 6) is 0. The molecule has 0 atom stereocenters. The molecular formula is C27H30N2O4. The minimum atomic E-state index is -0.606. The van der Waals surface area contributed by atoms with E-state index < -0.39 is 17.3 Å². The van der Waals surface area contributed by atoms with Gasteiger partial charge in [0.1, 0.15) is 11.2 Å². The van der Waals surface area contributed by atoms with Gasteiger partial charge in [0.05, 0.1) is 11.1 Å². The van der Waals surface area contributed by atoms with Crippen molar-refractivity contribution < 1.29 is 13.9 Å². The van der Waals surface area contributed by atoms with E-state index in [-0.39, 0.29) is 0 Å². The first-order valence-corrected chi connectivity index (χ1v) is 11.3. The van der Waals surface area contributed by atoms with E-state index in [0.29, 0.717) is 22.2 Å². The number of nitrogens with zero attached hydrogens (tertiary/aromatic N) is 2.